The third kappa shape index (κ3) is 6.00. The zero-order chi connectivity index (χ0) is 19.6. The number of unbranched alkanes of at least 4 members (excludes halogenated alkanes) is 3. The second-order valence-electron chi connectivity index (χ2n) is 6.46. The van der Waals surface area contributed by atoms with Gasteiger partial charge in [0.05, 0.1) is 0 Å². The number of amides is 2. The third-order valence-electron chi connectivity index (χ3n) is 4.30. The lowest BCUT2D eigenvalue weighted by Crippen LogP contribution is -2.54. The molecule has 1 fully saturated rings. The summed E-state index contributed by atoms with van der Waals surface area (Å²) < 4.78 is 0. The van der Waals surface area contributed by atoms with E-state index in [1.807, 2.05) is 36.4 Å². The highest BCUT2D eigenvalue weighted by Gasteiger charge is 2.32. The Morgan fingerprint density at radius 3 is 2.59 bits per heavy atom. The molecule has 1 saturated heterocycles. The molecule has 0 bridgehead atoms. The van der Waals surface area contributed by atoms with E-state index in [0.29, 0.717) is 0 Å². The van der Waals surface area contributed by atoms with Crippen LogP contribution in [0, 0.1) is 0 Å². The van der Waals surface area contributed by atoms with Gasteiger partial charge in [0.25, 0.3) is 11.8 Å². The number of nitrogens with zero attached hydrogens (tertiary/aromatic N) is 1. The molecule has 27 heavy (non-hydrogen) atoms. The number of carbonyl (C=O) groups is 2. The molecule has 1 aromatic rings. The van der Waals surface area contributed by atoms with Crippen molar-refractivity contribution >= 4 is 35.2 Å². The standard InChI is InChI=1S/C22H26N2O2S/c1-3-5-6-8-13-18(15-17-11-9-7-10-12-17)16-19-20(25)23-22(27)24(14-4-2)21(19)26/h4,7,9-12,15-16H,2-3,5-6,8,13-14H2,1H3,(H,23,25,27). The van der Waals surface area contributed by atoms with Gasteiger partial charge in [-0.1, -0.05) is 68.7 Å². The molecular formula is C22H26N2O2S. The zero-order valence-electron chi connectivity index (χ0n) is 15.7. The summed E-state index contributed by atoms with van der Waals surface area (Å²) in [5, 5.41) is 2.72. The Morgan fingerprint density at radius 2 is 1.93 bits per heavy atom. The fourth-order valence-corrected chi connectivity index (χ4v) is 3.13. The summed E-state index contributed by atoms with van der Waals surface area (Å²) in [6, 6.07) is 9.91. The minimum atomic E-state index is -0.446. The van der Waals surface area contributed by atoms with E-state index in [1.54, 1.807) is 12.2 Å². The van der Waals surface area contributed by atoms with Crippen molar-refractivity contribution in [3.05, 3.63) is 65.8 Å². The second-order valence-corrected chi connectivity index (χ2v) is 6.85. The van der Waals surface area contributed by atoms with Crippen LogP contribution in [0.5, 0.6) is 0 Å². The average Bonchev–Trinajstić information content (AvgIpc) is 2.66. The van der Waals surface area contributed by atoms with Gasteiger partial charge in [-0.15, -0.1) is 6.58 Å². The van der Waals surface area contributed by atoms with Gasteiger partial charge in [-0.25, -0.2) is 0 Å². The fourth-order valence-electron chi connectivity index (χ4n) is 2.88. The number of thiocarbonyl (C=S) groups is 1. The summed E-state index contributed by atoms with van der Waals surface area (Å²) in [4.78, 5) is 26.5. The predicted octanol–water partition coefficient (Wildman–Crippen LogP) is 4.40. The highest BCUT2D eigenvalue weighted by atomic mass is 32.1. The molecule has 4 nitrogen and oxygen atoms in total. The molecule has 0 aliphatic carbocycles. The van der Waals surface area contributed by atoms with Crippen molar-refractivity contribution in [3.63, 3.8) is 0 Å². The zero-order valence-corrected chi connectivity index (χ0v) is 16.6. The first-order valence-corrected chi connectivity index (χ1v) is 9.73. The molecule has 1 N–H and O–H groups in total. The molecule has 0 atom stereocenters. The molecule has 0 radical (unpaired) electrons. The SMILES string of the molecule is C=CCN1C(=O)C(=CC(=Cc2ccccc2)CCCCCC)C(=O)NC1=S. The second kappa shape index (κ2) is 10.6. The Morgan fingerprint density at radius 1 is 1.19 bits per heavy atom. The Balaban J connectivity index is 2.31. The van der Waals surface area contributed by atoms with Crippen LogP contribution in [-0.2, 0) is 9.59 Å². The highest BCUT2D eigenvalue weighted by Crippen LogP contribution is 2.20. The van der Waals surface area contributed by atoms with Gasteiger partial charge < -0.3 is 0 Å². The molecule has 142 valence electrons. The van der Waals surface area contributed by atoms with Crippen LogP contribution in [0.3, 0.4) is 0 Å². The maximum Gasteiger partial charge on any atom is 0.265 e. The maximum atomic E-state index is 12.7. The van der Waals surface area contributed by atoms with Gasteiger partial charge in [0, 0.05) is 6.54 Å². The summed E-state index contributed by atoms with van der Waals surface area (Å²) in [6.45, 7) is 6.08. The van der Waals surface area contributed by atoms with Crippen LogP contribution in [0.15, 0.2) is 60.2 Å². The monoisotopic (exact) mass is 382 g/mol. The summed E-state index contributed by atoms with van der Waals surface area (Å²) >= 11 is 5.10. The Hall–Kier alpha value is -2.53. The van der Waals surface area contributed by atoms with Gasteiger partial charge in [0.1, 0.15) is 5.57 Å². The molecule has 1 aromatic carbocycles. The predicted molar refractivity (Wildman–Crippen MR) is 114 cm³/mol. The number of rotatable bonds is 9. The van der Waals surface area contributed by atoms with E-state index in [1.165, 1.54) is 11.3 Å². The normalized spacial score (nSPS) is 16.6. The number of allylic oxidation sites excluding steroid dienone is 2. The van der Waals surface area contributed by atoms with Crippen molar-refractivity contribution in [3.8, 4) is 0 Å². The van der Waals surface area contributed by atoms with Crippen LogP contribution in [0.1, 0.15) is 44.6 Å². The molecule has 1 heterocycles. The van der Waals surface area contributed by atoms with Crippen molar-refractivity contribution < 1.29 is 9.59 Å². The van der Waals surface area contributed by atoms with Gasteiger partial charge in [-0.2, -0.15) is 0 Å². The van der Waals surface area contributed by atoms with Gasteiger partial charge >= 0.3 is 0 Å². The average molecular weight is 383 g/mol. The quantitative estimate of drug-likeness (QED) is 0.226. The molecule has 0 saturated carbocycles. The molecule has 2 amide bonds. The van der Waals surface area contributed by atoms with Crippen LogP contribution in [-0.4, -0.2) is 28.4 Å². The number of hydrogen-bond donors (Lipinski definition) is 1. The summed E-state index contributed by atoms with van der Waals surface area (Å²) in [5.41, 5.74) is 2.12. The summed E-state index contributed by atoms with van der Waals surface area (Å²) in [5.74, 6) is -0.825. The van der Waals surface area contributed by atoms with Crippen molar-refractivity contribution in [1.82, 2.24) is 10.2 Å². The molecule has 2 rings (SSSR count). The van der Waals surface area contributed by atoms with Gasteiger partial charge in [-0.05, 0) is 42.3 Å². The lowest BCUT2D eigenvalue weighted by Gasteiger charge is -2.28. The van der Waals surface area contributed by atoms with Crippen LogP contribution >= 0.6 is 12.2 Å². The Kier molecular flexibility index (Phi) is 8.14. The smallest absolute Gasteiger partial charge is 0.265 e. The van der Waals surface area contributed by atoms with Crippen LogP contribution in [0.2, 0.25) is 0 Å². The van der Waals surface area contributed by atoms with E-state index in [0.717, 1.165) is 36.8 Å². The largest absolute Gasteiger partial charge is 0.298 e. The number of hydrogen-bond acceptors (Lipinski definition) is 3. The molecule has 1 aliphatic rings. The van der Waals surface area contributed by atoms with E-state index in [4.69, 9.17) is 12.2 Å². The van der Waals surface area contributed by atoms with Crippen molar-refractivity contribution in [2.45, 2.75) is 39.0 Å². The minimum Gasteiger partial charge on any atom is -0.298 e. The van der Waals surface area contributed by atoms with Crippen LogP contribution in [0.25, 0.3) is 6.08 Å². The summed E-state index contributed by atoms with van der Waals surface area (Å²) in [7, 11) is 0. The number of carbonyl (C=O) groups excluding carboxylic acids is 2. The van der Waals surface area contributed by atoms with E-state index in [-0.39, 0.29) is 23.1 Å². The number of benzene rings is 1. The maximum absolute atomic E-state index is 12.7. The van der Waals surface area contributed by atoms with Crippen LogP contribution < -0.4 is 5.32 Å². The van der Waals surface area contributed by atoms with E-state index >= 15 is 0 Å². The molecular weight excluding hydrogens is 356 g/mol. The minimum absolute atomic E-state index is 0.114. The van der Waals surface area contributed by atoms with E-state index in [2.05, 4.69) is 18.8 Å². The van der Waals surface area contributed by atoms with Crippen LogP contribution in [0.4, 0.5) is 0 Å². The molecule has 1 aliphatic heterocycles. The third-order valence-corrected chi connectivity index (χ3v) is 4.62. The van der Waals surface area contributed by atoms with E-state index in [9.17, 15) is 9.59 Å². The summed E-state index contributed by atoms with van der Waals surface area (Å²) in [6.07, 6.45) is 10.6. The molecule has 5 heteroatoms. The fraction of sp³-hybridized carbons (Fsp3) is 0.318. The van der Waals surface area contributed by atoms with Gasteiger partial charge in [0.2, 0.25) is 0 Å². The van der Waals surface area contributed by atoms with Gasteiger partial charge in [-0.3, -0.25) is 19.8 Å². The Bertz CT molecular complexity index is 766. The molecule has 0 spiro atoms. The van der Waals surface area contributed by atoms with Gasteiger partial charge in [0.15, 0.2) is 5.11 Å². The van der Waals surface area contributed by atoms with Crippen molar-refractivity contribution in [2.75, 3.05) is 6.54 Å². The lowest BCUT2D eigenvalue weighted by molar-refractivity contribution is -0.128. The first kappa shape index (κ1) is 20.8. The first-order chi connectivity index (χ1) is 13.1. The van der Waals surface area contributed by atoms with Crippen molar-refractivity contribution in [2.24, 2.45) is 0 Å². The number of nitrogens with one attached hydrogen (secondary N) is 1. The first-order valence-electron chi connectivity index (χ1n) is 9.32. The topological polar surface area (TPSA) is 49.4 Å². The Labute approximate surface area is 166 Å². The van der Waals surface area contributed by atoms with Crippen molar-refractivity contribution in [1.29, 1.82) is 0 Å². The van der Waals surface area contributed by atoms with E-state index < -0.39 is 5.91 Å². The highest BCUT2D eigenvalue weighted by molar-refractivity contribution is 7.80. The molecule has 0 unspecified atom stereocenters. The lowest BCUT2D eigenvalue weighted by atomic mass is 10.00. The molecule has 0 aromatic heterocycles.